The van der Waals surface area contributed by atoms with Crippen LogP contribution >= 0.6 is 0 Å². The van der Waals surface area contributed by atoms with Crippen LogP contribution < -0.4 is 14.9 Å². The molecule has 0 radical (unpaired) electrons. The highest BCUT2D eigenvalue weighted by Crippen LogP contribution is 2.27. The quantitative estimate of drug-likeness (QED) is 0.631. The van der Waals surface area contributed by atoms with E-state index < -0.39 is 11.7 Å². The minimum atomic E-state index is -0.520. The van der Waals surface area contributed by atoms with E-state index in [1.165, 1.54) is 37.6 Å². The number of methoxy groups -OCH3 is 1. The number of benzene rings is 2. The first kappa shape index (κ1) is 16.3. The van der Waals surface area contributed by atoms with Gasteiger partial charge >= 0.3 is 0 Å². The van der Waals surface area contributed by atoms with Crippen LogP contribution in [0.5, 0.6) is 17.2 Å². The third-order valence-corrected chi connectivity index (χ3v) is 2.81. The molecule has 0 unspecified atom stereocenters. The third kappa shape index (κ3) is 4.70. The molecule has 7 heteroatoms. The molecule has 2 rings (SSSR count). The molecular formula is C16H15FN2O4. The van der Waals surface area contributed by atoms with Gasteiger partial charge in [-0.3, -0.25) is 4.79 Å². The Morgan fingerprint density at radius 2 is 2.13 bits per heavy atom. The highest BCUT2D eigenvalue weighted by atomic mass is 19.1. The number of aromatic hydroxyl groups is 1. The first-order valence-electron chi connectivity index (χ1n) is 6.66. The van der Waals surface area contributed by atoms with Gasteiger partial charge in [-0.1, -0.05) is 12.1 Å². The van der Waals surface area contributed by atoms with Crippen molar-refractivity contribution in [3.8, 4) is 17.2 Å². The molecule has 0 aliphatic heterocycles. The smallest absolute Gasteiger partial charge is 0.277 e. The van der Waals surface area contributed by atoms with Gasteiger partial charge in [0.15, 0.2) is 18.1 Å². The Labute approximate surface area is 132 Å². The van der Waals surface area contributed by atoms with E-state index in [0.717, 1.165) is 0 Å². The van der Waals surface area contributed by atoms with Gasteiger partial charge in [0.2, 0.25) is 0 Å². The van der Waals surface area contributed by atoms with Gasteiger partial charge in [0.1, 0.15) is 11.6 Å². The van der Waals surface area contributed by atoms with Gasteiger partial charge in [-0.2, -0.15) is 5.10 Å². The number of halogens is 1. The molecule has 0 bridgehead atoms. The van der Waals surface area contributed by atoms with E-state index in [1.807, 2.05) is 0 Å². The number of nitrogens with one attached hydrogen (secondary N) is 1. The maximum atomic E-state index is 12.9. The Morgan fingerprint density at radius 3 is 2.87 bits per heavy atom. The summed E-state index contributed by atoms with van der Waals surface area (Å²) >= 11 is 0. The number of carbonyl (C=O) groups excluding carboxylic acids is 1. The normalized spacial score (nSPS) is 10.5. The van der Waals surface area contributed by atoms with Crippen molar-refractivity contribution in [1.29, 1.82) is 0 Å². The number of ether oxygens (including phenoxy) is 2. The molecule has 2 aromatic rings. The van der Waals surface area contributed by atoms with E-state index >= 15 is 0 Å². The molecule has 2 aromatic carbocycles. The molecule has 0 aromatic heterocycles. The Balaban J connectivity index is 1.87. The Bertz CT molecular complexity index is 719. The maximum Gasteiger partial charge on any atom is 0.277 e. The molecule has 0 aliphatic carbocycles. The number of carbonyl (C=O) groups is 1. The van der Waals surface area contributed by atoms with Crippen LogP contribution in [0.15, 0.2) is 47.6 Å². The van der Waals surface area contributed by atoms with Crippen molar-refractivity contribution in [1.82, 2.24) is 5.43 Å². The summed E-state index contributed by atoms with van der Waals surface area (Å²) < 4.78 is 23.0. The largest absolute Gasteiger partial charge is 0.504 e. The monoisotopic (exact) mass is 318 g/mol. The van der Waals surface area contributed by atoms with Crippen molar-refractivity contribution in [3.63, 3.8) is 0 Å². The Morgan fingerprint density at radius 1 is 1.35 bits per heavy atom. The van der Waals surface area contributed by atoms with Gasteiger partial charge in [0, 0.05) is 11.6 Å². The van der Waals surface area contributed by atoms with Gasteiger partial charge in [-0.25, -0.2) is 9.82 Å². The number of rotatable bonds is 6. The van der Waals surface area contributed by atoms with Crippen LogP contribution in [0.1, 0.15) is 5.56 Å². The predicted octanol–water partition coefficient (Wildman–Crippen LogP) is 2.07. The summed E-state index contributed by atoms with van der Waals surface area (Å²) in [6.45, 7) is -0.315. The van der Waals surface area contributed by atoms with Crippen molar-refractivity contribution >= 4 is 12.1 Å². The number of nitrogens with zero attached hydrogens (tertiary/aromatic N) is 1. The molecule has 0 heterocycles. The minimum Gasteiger partial charge on any atom is -0.504 e. The second-order valence-electron chi connectivity index (χ2n) is 4.44. The van der Waals surface area contributed by atoms with Crippen molar-refractivity contribution in [2.75, 3.05) is 13.7 Å². The Kier molecular flexibility index (Phi) is 5.51. The first-order chi connectivity index (χ1) is 11.1. The predicted molar refractivity (Wildman–Crippen MR) is 82.3 cm³/mol. The second-order valence-corrected chi connectivity index (χ2v) is 4.44. The van der Waals surface area contributed by atoms with Gasteiger partial charge in [0.05, 0.1) is 13.3 Å². The van der Waals surface area contributed by atoms with Gasteiger partial charge in [0.25, 0.3) is 5.91 Å². The second kappa shape index (κ2) is 7.79. The van der Waals surface area contributed by atoms with E-state index in [0.29, 0.717) is 11.3 Å². The van der Waals surface area contributed by atoms with Crippen molar-refractivity contribution < 1.29 is 23.8 Å². The maximum absolute atomic E-state index is 12.9. The highest BCUT2D eigenvalue weighted by molar-refractivity contribution is 5.86. The van der Waals surface area contributed by atoms with Crippen LogP contribution in [-0.4, -0.2) is 30.9 Å². The van der Waals surface area contributed by atoms with Crippen molar-refractivity contribution in [2.45, 2.75) is 0 Å². The number of phenols is 1. The number of hydrogen-bond acceptors (Lipinski definition) is 5. The number of hydrazone groups is 1. The van der Waals surface area contributed by atoms with Gasteiger partial charge < -0.3 is 14.6 Å². The summed E-state index contributed by atoms with van der Waals surface area (Å²) in [6, 6.07) is 10.3. The molecule has 0 atom stereocenters. The molecule has 2 N–H and O–H groups in total. The lowest BCUT2D eigenvalue weighted by atomic mass is 10.2. The van der Waals surface area contributed by atoms with Crippen molar-refractivity contribution in [3.05, 3.63) is 53.8 Å². The molecule has 0 aliphatic rings. The zero-order chi connectivity index (χ0) is 16.7. The van der Waals surface area contributed by atoms with Crippen LogP contribution in [0.2, 0.25) is 0 Å². The average molecular weight is 318 g/mol. The summed E-state index contributed by atoms with van der Waals surface area (Å²) in [5.74, 6) is -0.504. The van der Waals surface area contributed by atoms with Gasteiger partial charge in [-0.15, -0.1) is 0 Å². The molecule has 0 saturated carbocycles. The summed E-state index contributed by atoms with van der Waals surface area (Å²) in [5.41, 5.74) is 2.63. The van der Waals surface area contributed by atoms with Crippen LogP contribution in [-0.2, 0) is 4.79 Å². The van der Waals surface area contributed by atoms with E-state index in [9.17, 15) is 14.3 Å². The summed E-state index contributed by atoms with van der Waals surface area (Å²) in [7, 11) is 1.43. The highest BCUT2D eigenvalue weighted by Gasteiger charge is 2.05. The van der Waals surface area contributed by atoms with Crippen LogP contribution in [0.3, 0.4) is 0 Å². The zero-order valence-corrected chi connectivity index (χ0v) is 12.3. The lowest BCUT2D eigenvalue weighted by Gasteiger charge is -2.06. The lowest BCUT2D eigenvalue weighted by molar-refractivity contribution is -0.123. The number of hydrogen-bond donors (Lipinski definition) is 2. The Hall–Kier alpha value is -3.09. The molecule has 23 heavy (non-hydrogen) atoms. The summed E-state index contributed by atoms with van der Waals surface area (Å²) in [4.78, 5) is 11.6. The van der Waals surface area contributed by atoms with Crippen LogP contribution in [0.25, 0.3) is 0 Å². The fourth-order valence-corrected chi connectivity index (χ4v) is 1.72. The first-order valence-corrected chi connectivity index (χ1v) is 6.66. The average Bonchev–Trinajstić information content (AvgIpc) is 2.54. The fraction of sp³-hybridized carbons (Fsp3) is 0.125. The minimum absolute atomic E-state index is 0.0796. The van der Waals surface area contributed by atoms with Gasteiger partial charge in [-0.05, 0) is 24.3 Å². The zero-order valence-electron chi connectivity index (χ0n) is 12.3. The van der Waals surface area contributed by atoms with E-state index in [1.54, 1.807) is 18.2 Å². The van der Waals surface area contributed by atoms with E-state index in [2.05, 4.69) is 10.5 Å². The number of para-hydroxylation sites is 1. The SMILES string of the molecule is COc1cccc(/C=N/NC(=O)COc2cccc(F)c2)c1O. The number of phenolic OH excluding ortho intramolecular Hbond substituents is 1. The van der Waals surface area contributed by atoms with Crippen molar-refractivity contribution in [2.24, 2.45) is 5.10 Å². The number of amides is 1. The third-order valence-electron chi connectivity index (χ3n) is 2.81. The molecule has 6 nitrogen and oxygen atoms in total. The molecule has 0 spiro atoms. The summed E-state index contributed by atoms with van der Waals surface area (Å²) in [6.07, 6.45) is 1.28. The van der Waals surface area contributed by atoms with Crippen LogP contribution in [0, 0.1) is 5.82 Å². The van der Waals surface area contributed by atoms with E-state index in [-0.39, 0.29) is 18.1 Å². The molecule has 0 fully saturated rings. The fourth-order valence-electron chi connectivity index (χ4n) is 1.72. The standard InChI is InChI=1S/C16H15FN2O4/c1-22-14-7-2-4-11(16(14)21)9-18-19-15(20)10-23-13-6-3-5-12(17)8-13/h2-9,21H,10H2,1H3,(H,19,20)/b18-9+. The lowest BCUT2D eigenvalue weighted by Crippen LogP contribution is -2.24. The molecular weight excluding hydrogens is 303 g/mol. The molecule has 120 valence electrons. The topological polar surface area (TPSA) is 80.2 Å². The molecule has 0 saturated heterocycles. The van der Waals surface area contributed by atoms with Crippen LogP contribution in [0.4, 0.5) is 4.39 Å². The summed E-state index contributed by atoms with van der Waals surface area (Å²) in [5, 5.41) is 13.6. The van der Waals surface area contributed by atoms with E-state index in [4.69, 9.17) is 9.47 Å². The molecule has 1 amide bonds.